The van der Waals surface area contributed by atoms with Crippen molar-refractivity contribution in [3.05, 3.63) is 65.5 Å². The highest BCUT2D eigenvalue weighted by Crippen LogP contribution is 2.41. The number of hydrogen-bond donors (Lipinski definition) is 0. The molecule has 1 saturated heterocycles. The third kappa shape index (κ3) is 3.09. The van der Waals surface area contributed by atoms with E-state index in [2.05, 4.69) is 0 Å². The normalized spacial score (nSPS) is 21.2. The molecule has 0 saturated carbocycles. The monoisotopic (exact) mass is 345 g/mol. The van der Waals surface area contributed by atoms with Crippen LogP contribution in [-0.2, 0) is 16.2 Å². The molecule has 23 heavy (non-hydrogen) atoms. The van der Waals surface area contributed by atoms with Crippen LogP contribution in [0.25, 0.3) is 0 Å². The first-order chi connectivity index (χ1) is 10.7. The van der Waals surface area contributed by atoms with Crippen LogP contribution in [-0.4, -0.2) is 19.3 Å². The third-order valence-corrected chi connectivity index (χ3v) is 5.46. The maximum Gasteiger partial charge on any atom is 0.416 e. The van der Waals surface area contributed by atoms with E-state index in [-0.39, 0.29) is 6.54 Å². The summed E-state index contributed by atoms with van der Waals surface area (Å²) in [6, 6.07) is 8.50. The molecular weight excluding hydrogens is 334 g/mol. The smallest absolute Gasteiger partial charge is 0.207 e. The molecule has 0 aliphatic carbocycles. The van der Waals surface area contributed by atoms with Gasteiger partial charge in [0.2, 0.25) is 10.0 Å². The van der Waals surface area contributed by atoms with Gasteiger partial charge in [0.15, 0.2) is 0 Å². The number of benzene rings is 2. The van der Waals surface area contributed by atoms with Crippen LogP contribution in [0, 0.1) is 5.82 Å². The molecule has 1 aliphatic heterocycles. The Morgan fingerprint density at radius 3 is 2.30 bits per heavy atom. The molecule has 2 aromatic rings. The van der Waals surface area contributed by atoms with E-state index in [1.165, 1.54) is 24.3 Å². The van der Waals surface area contributed by atoms with Gasteiger partial charge in [0.05, 0.1) is 16.5 Å². The quantitative estimate of drug-likeness (QED) is 0.630. The van der Waals surface area contributed by atoms with Crippen molar-refractivity contribution in [3.63, 3.8) is 0 Å². The molecule has 8 heteroatoms. The van der Waals surface area contributed by atoms with Gasteiger partial charge in [-0.3, -0.25) is 0 Å². The van der Waals surface area contributed by atoms with Crippen molar-refractivity contribution >= 4 is 10.0 Å². The zero-order chi connectivity index (χ0) is 16.8. The molecule has 0 spiro atoms. The Labute approximate surface area is 130 Å². The Morgan fingerprint density at radius 1 is 1.04 bits per heavy atom. The molecule has 3 nitrogen and oxygen atoms in total. The Kier molecular flexibility index (Phi) is 3.68. The van der Waals surface area contributed by atoms with Crippen molar-refractivity contribution in [2.75, 3.05) is 6.54 Å². The molecule has 2 atom stereocenters. The van der Waals surface area contributed by atoms with E-state index in [9.17, 15) is 26.0 Å². The van der Waals surface area contributed by atoms with E-state index in [1.807, 2.05) is 0 Å². The molecular formula is C15H11F4NO2S. The number of rotatable bonds is 3. The number of halogens is 4. The van der Waals surface area contributed by atoms with Crippen LogP contribution in [0.15, 0.2) is 53.4 Å². The van der Waals surface area contributed by atoms with Crippen LogP contribution in [0.1, 0.15) is 17.2 Å². The summed E-state index contributed by atoms with van der Waals surface area (Å²) < 4.78 is 76.9. The average Bonchev–Trinajstić information content (AvgIpc) is 3.28. The Hall–Kier alpha value is -1.93. The van der Waals surface area contributed by atoms with Gasteiger partial charge in [-0.15, -0.1) is 0 Å². The van der Waals surface area contributed by atoms with Gasteiger partial charge < -0.3 is 0 Å². The van der Waals surface area contributed by atoms with E-state index in [0.717, 1.165) is 22.5 Å². The fraction of sp³-hybridized carbons (Fsp3) is 0.200. The Morgan fingerprint density at radius 2 is 1.70 bits per heavy atom. The minimum Gasteiger partial charge on any atom is -0.207 e. The molecule has 122 valence electrons. The first-order valence-electron chi connectivity index (χ1n) is 6.64. The van der Waals surface area contributed by atoms with Crippen LogP contribution in [0.3, 0.4) is 0 Å². The molecule has 1 heterocycles. The van der Waals surface area contributed by atoms with Crippen LogP contribution < -0.4 is 0 Å². The van der Waals surface area contributed by atoms with Crippen molar-refractivity contribution in [2.24, 2.45) is 0 Å². The minimum absolute atomic E-state index is 0.157. The molecule has 0 N–H and O–H groups in total. The summed E-state index contributed by atoms with van der Waals surface area (Å²) in [5, 5.41) is 0. The predicted molar refractivity (Wildman–Crippen MR) is 74.5 cm³/mol. The lowest BCUT2D eigenvalue weighted by molar-refractivity contribution is -0.137. The van der Waals surface area contributed by atoms with Crippen molar-refractivity contribution in [1.29, 1.82) is 0 Å². The number of alkyl halides is 3. The predicted octanol–water partition coefficient (Wildman–Crippen LogP) is 3.59. The molecule has 1 unspecified atom stereocenters. The zero-order valence-corrected chi connectivity index (χ0v) is 12.4. The zero-order valence-electron chi connectivity index (χ0n) is 11.6. The number of hydrogen-bond acceptors (Lipinski definition) is 2. The lowest BCUT2D eigenvalue weighted by Gasteiger charge is -2.10. The largest absolute Gasteiger partial charge is 0.416 e. The van der Waals surface area contributed by atoms with Gasteiger partial charge in [-0.05, 0) is 35.9 Å². The van der Waals surface area contributed by atoms with Gasteiger partial charge in [0.25, 0.3) is 0 Å². The number of nitrogens with zero attached hydrogens (tertiary/aromatic N) is 1. The van der Waals surface area contributed by atoms with Crippen molar-refractivity contribution < 1.29 is 26.0 Å². The molecule has 0 radical (unpaired) electrons. The molecule has 1 fully saturated rings. The van der Waals surface area contributed by atoms with Gasteiger partial charge in [0, 0.05) is 6.54 Å². The molecule has 1 aliphatic rings. The third-order valence-electron chi connectivity index (χ3n) is 3.59. The average molecular weight is 345 g/mol. The summed E-state index contributed by atoms with van der Waals surface area (Å²) in [7, 11) is -4.02. The van der Waals surface area contributed by atoms with Crippen molar-refractivity contribution in [3.8, 4) is 0 Å². The summed E-state index contributed by atoms with van der Waals surface area (Å²) in [6.07, 6.45) is -4.61. The topological polar surface area (TPSA) is 37.1 Å². The highest BCUT2D eigenvalue weighted by Gasteiger charge is 2.46. The highest BCUT2D eigenvalue weighted by molar-refractivity contribution is 7.89. The molecule has 2 aromatic carbocycles. The van der Waals surface area contributed by atoms with E-state index in [4.69, 9.17) is 0 Å². The van der Waals surface area contributed by atoms with Crippen molar-refractivity contribution in [1.82, 2.24) is 4.31 Å². The summed E-state index contributed by atoms with van der Waals surface area (Å²) >= 11 is 0. The maximum absolute atomic E-state index is 12.9. The SMILES string of the molecule is O=S(=O)(c1cccc(C(F)(F)F)c1)N1C[C@@H]1c1ccc(F)cc1. The van der Waals surface area contributed by atoms with Crippen LogP contribution >= 0.6 is 0 Å². The van der Waals surface area contributed by atoms with E-state index >= 15 is 0 Å². The minimum atomic E-state index is -4.61. The second-order valence-electron chi connectivity index (χ2n) is 5.17. The lowest BCUT2D eigenvalue weighted by Crippen LogP contribution is -2.14. The van der Waals surface area contributed by atoms with Gasteiger partial charge in [-0.2, -0.15) is 17.5 Å². The van der Waals surface area contributed by atoms with E-state index in [0.29, 0.717) is 11.6 Å². The Bertz CT molecular complexity index is 831. The molecule has 3 rings (SSSR count). The van der Waals surface area contributed by atoms with E-state index < -0.39 is 38.5 Å². The van der Waals surface area contributed by atoms with E-state index in [1.54, 1.807) is 0 Å². The van der Waals surface area contributed by atoms with Crippen LogP contribution in [0.4, 0.5) is 17.6 Å². The second kappa shape index (κ2) is 5.31. The highest BCUT2D eigenvalue weighted by atomic mass is 32.2. The molecule has 0 amide bonds. The lowest BCUT2D eigenvalue weighted by atomic mass is 10.2. The summed E-state index contributed by atoms with van der Waals surface area (Å²) in [5.41, 5.74) is -0.416. The van der Waals surface area contributed by atoms with Crippen LogP contribution in [0.5, 0.6) is 0 Å². The Balaban J connectivity index is 1.88. The maximum atomic E-state index is 12.9. The number of sulfonamides is 1. The van der Waals surface area contributed by atoms with Crippen molar-refractivity contribution in [2.45, 2.75) is 17.1 Å². The second-order valence-corrected chi connectivity index (χ2v) is 7.06. The fourth-order valence-corrected chi connectivity index (χ4v) is 3.91. The first-order valence-corrected chi connectivity index (χ1v) is 8.08. The van der Waals surface area contributed by atoms with Gasteiger partial charge in [-0.25, -0.2) is 12.8 Å². The standard InChI is InChI=1S/C15H11F4NO2S/c16-12-6-4-10(5-7-12)14-9-20(14)23(21,22)13-3-1-2-11(8-13)15(17,18)19/h1-8,14H,9H2/t14-,20?/m1/s1. The summed E-state index contributed by atoms with van der Waals surface area (Å²) in [6.45, 7) is 0.157. The molecule has 0 aromatic heterocycles. The van der Waals surface area contributed by atoms with Gasteiger partial charge in [-0.1, -0.05) is 18.2 Å². The fourth-order valence-electron chi connectivity index (χ4n) is 2.31. The van der Waals surface area contributed by atoms with Crippen LogP contribution in [0.2, 0.25) is 0 Å². The van der Waals surface area contributed by atoms with Gasteiger partial charge >= 0.3 is 6.18 Å². The summed E-state index contributed by atoms with van der Waals surface area (Å²) in [4.78, 5) is -0.406. The first kappa shape index (κ1) is 15.9. The molecule has 0 bridgehead atoms. The van der Waals surface area contributed by atoms with Gasteiger partial charge in [0.1, 0.15) is 5.82 Å². The summed E-state index contributed by atoms with van der Waals surface area (Å²) in [5.74, 6) is -0.443.